The number of unbranched alkanes of at least 4 members (excludes halogenated alkanes) is 49. The van der Waals surface area contributed by atoms with Crippen molar-refractivity contribution in [1.29, 1.82) is 0 Å². The zero-order valence-corrected chi connectivity index (χ0v) is 51.7. The highest BCUT2D eigenvalue weighted by Gasteiger charge is 2.22. The van der Waals surface area contributed by atoms with E-state index in [-0.39, 0.29) is 32.2 Å². The second kappa shape index (κ2) is 59.4. The maximum atomic E-state index is 12.9. The Hall–Kier alpha value is -1.71. The first-order valence-corrected chi connectivity index (χ1v) is 33.7. The summed E-state index contributed by atoms with van der Waals surface area (Å²) in [5, 5.41) is 11.8. The maximum absolute atomic E-state index is 12.9. The quantitative estimate of drug-likeness (QED) is 0.0256. The molecule has 0 aliphatic rings. The third-order valence-electron chi connectivity index (χ3n) is 15.6. The summed E-state index contributed by atoms with van der Waals surface area (Å²) in [6.45, 7) is 4.84. The number of aliphatic carboxylic acids is 1. The molecule has 9 nitrogen and oxygen atoms in total. The Kier molecular flexibility index (Phi) is 58.1. The average molecular weight is 1080 g/mol. The zero-order valence-electron chi connectivity index (χ0n) is 51.7. The Morgan fingerprint density at radius 3 is 0.842 bits per heavy atom. The minimum absolute atomic E-state index is 0.154. The zero-order chi connectivity index (χ0) is 55.5. The van der Waals surface area contributed by atoms with Crippen molar-refractivity contribution in [3.05, 3.63) is 0 Å². The molecule has 0 aromatic heterocycles. The molecule has 0 aliphatic heterocycles. The van der Waals surface area contributed by atoms with Crippen molar-refractivity contribution >= 4 is 17.9 Å². The van der Waals surface area contributed by atoms with Gasteiger partial charge in [0.1, 0.15) is 13.2 Å². The number of ether oxygens (including phenoxy) is 4. The third kappa shape index (κ3) is 59.9. The van der Waals surface area contributed by atoms with Crippen molar-refractivity contribution in [1.82, 2.24) is 0 Å². The van der Waals surface area contributed by atoms with Gasteiger partial charge in [0.2, 0.25) is 0 Å². The minimum atomic E-state index is -1.62. The number of hydrogen-bond acceptors (Lipinski definition) is 8. The molecule has 0 rings (SSSR count). The van der Waals surface area contributed by atoms with Gasteiger partial charge in [-0.2, -0.15) is 0 Å². The number of carbonyl (C=O) groups is 3. The van der Waals surface area contributed by atoms with E-state index in [1.165, 1.54) is 289 Å². The van der Waals surface area contributed by atoms with Gasteiger partial charge in [0, 0.05) is 12.8 Å². The van der Waals surface area contributed by atoms with Crippen molar-refractivity contribution in [3.8, 4) is 0 Å². The molecule has 0 saturated heterocycles. The molecule has 0 heterocycles. The average Bonchev–Trinajstić information content (AvgIpc) is 3.39. The molecule has 0 radical (unpaired) electrons. The largest absolute Gasteiger partial charge is 0.545 e. The highest BCUT2D eigenvalue weighted by Crippen LogP contribution is 2.19. The summed E-state index contributed by atoms with van der Waals surface area (Å²) in [4.78, 5) is 37.4. The Morgan fingerprint density at radius 1 is 0.342 bits per heavy atom. The number of likely N-dealkylation sites (N-methyl/N-ethyl adjacent to an activating group) is 1. The monoisotopic (exact) mass is 1080 g/mol. The van der Waals surface area contributed by atoms with Crippen LogP contribution in [0, 0.1) is 0 Å². The SMILES string of the molecule is CCCCCCCCCCCCCCCCCCCCCCCCCCCCCC(=O)OC(COC(=O)CCCCCCCCCCCCCCCCCCCCCCCCCC)COC(OCC[N+](C)(C)C)C(=O)[O-]. The van der Waals surface area contributed by atoms with Gasteiger partial charge < -0.3 is 33.3 Å². The van der Waals surface area contributed by atoms with E-state index in [2.05, 4.69) is 13.8 Å². The van der Waals surface area contributed by atoms with E-state index >= 15 is 0 Å². The van der Waals surface area contributed by atoms with E-state index in [0.717, 1.165) is 38.5 Å². The van der Waals surface area contributed by atoms with Crippen LogP contribution < -0.4 is 5.11 Å². The van der Waals surface area contributed by atoms with Crippen LogP contribution in [-0.2, 0) is 33.3 Å². The number of carboxylic acids is 1. The van der Waals surface area contributed by atoms with Crippen LogP contribution in [0.2, 0.25) is 0 Å². The molecule has 0 fully saturated rings. The van der Waals surface area contributed by atoms with Gasteiger partial charge in [0.05, 0.1) is 40.3 Å². The van der Waals surface area contributed by atoms with Gasteiger partial charge in [-0.15, -0.1) is 0 Å². The van der Waals surface area contributed by atoms with Gasteiger partial charge in [-0.25, -0.2) is 0 Å². The van der Waals surface area contributed by atoms with E-state index in [9.17, 15) is 19.5 Å². The topological polar surface area (TPSA) is 111 Å². The number of esters is 2. The van der Waals surface area contributed by atoms with Gasteiger partial charge in [0.15, 0.2) is 12.4 Å². The highest BCUT2D eigenvalue weighted by atomic mass is 16.7. The van der Waals surface area contributed by atoms with Crippen molar-refractivity contribution in [2.45, 2.75) is 367 Å². The molecular weight excluding hydrogens is 947 g/mol. The Bertz CT molecular complexity index is 1210. The van der Waals surface area contributed by atoms with Crippen molar-refractivity contribution in [2.75, 3.05) is 47.5 Å². The molecule has 9 heteroatoms. The predicted octanol–water partition coefficient (Wildman–Crippen LogP) is 19.0. The van der Waals surface area contributed by atoms with E-state index in [1.807, 2.05) is 21.1 Å². The Balaban J connectivity index is 4.08. The molecule has 0 amide bonds. The standard InChI is InChI=1S/C67H131NO8/c1-6-8-10-12-14-16-18-20-22-24-26-28-30-32-33-34-36-38-40-42-44-46-48-50-52-54-56-58-65(70)76-63(62-75-67(66(71)72)73-60-59-68(3,4)5)61-74-64(69)57-55-53-51-49-47-45-43-41-39-37-35-31-29-27-25-23-21-19-17-15-13-11-9-7-2/h63,67H,6-62H2,1-5H3. The predicted molar refractivity (Wildman–Crippen MR) is 320 cm³/mol. The van der Waals surface area contributed by atoms with Crippen LogP contribution in [0.15, 0.2) is 0 Å². The minimum Gasteiger partial charge on any atom is -0.545 e. The summed E-state index contributed by atoms with van der Waals surface area (Å²) >= 11 is 0. The van der Waals surface area contributed by atoms with Crippen molar-refractivity contribution in [2.24, 2.45) is 0 Å². The van der Waals surface area contributed by atoms with Crippen LogP contribution in [0.3, 0.4) is 0 Å². The molecule has 0 saturated carbocycles. The smallest absolute Gasteiger partial charge is 0.306 e. The van der Waals surface area contributed by atoms with Crippen LogP contribution in [-0.4, -0.2) is 82.3 Å². The lowest BCUT2D eigenvalue weighted by molar-refractivity contribution is -0.870. The number of rotatable bonds is 64. The summed E-state index contributed by atoms with van der Waals surface area (Å²) in [7, 11) is 5.95. The summed E-state index contributed by atoms with van der Waals surface area (Å²) < 4.78 is 22.8. The number of carbonyl (C=O) groups excluding carboxylic acids is 3. The molecular formula is C67H131NO8. The molecule has 76 heavy (non-hydrogen) atoms. The lowest BCUT2D eigenvalue weighted by Crippen LogP contribution is -2.44. The fourth-order valence-corrected chi connectivity index (χ4v) is 10.4. The number of hydrogen-bond donors (Lipinski definition) is 0. The first kappa shape index (κ1) is 74.3. The fraction of sp³-hybridized carbons (Fsp3) is 0.955. The second-order valence-corrected chi connectivity index (χ2v) is 24.5. The van der Waals surface area contributed by atoms with E-state index in [1.54, 1.807) is 0 Å². The molecule has 0 aliphatic carbocycles. The van der Waals surface area contributed by atoms with Crippen LogP contribution in [0.4, 0.5) is 0 Å². The van der Waals surface area contributed by atoms with Crippen LogP contribution >= 0.6 is 0 Å². The molecule has 0 bridgehead atoms. The summed E-state index contributed by atoms with van der Waals surface area (Å²) in [5.41, 5.74) is 0. The van der Waals surface area contributed by atoms with E-state index < -0.39 is 24.3 Å². The van der Waals surface area contributed by atoms with Crippen LogP contribution in [0.25, 0.3) is 0 Å². The van der Waals surface area contributed by atoms with Gasteiger partial charge in [-0.1, -0.05) is 328 Å². The van der Waals surface area contributed by atoms with Gasteiger partial charge in [-0.05, 0) is 12.8 Å². The fourth-order valence-electron chi connectivity index (χ4n) is 10.4. The number of quaternary nitrogens is 1. The molecule has 2 unspecified atom stereocenters. The molecule has 452 valence electrons. The van der Waals surface area contributed by atoms with Crippen LogP contribution in [0.1, 0.15) is 354 Å². The molecule has 2 atom stereocenters. The van der Waals surface area contributed by atoms with Gasteiger partial charge >= 0.3 is 11.9 Å². The lowest BCUT2D eigenvalue weighted by atomic mass is 10.0. The summed E-state index contributed by atoms with van der Waals surface area (Å²) in [5.74, 6) is -2.24. The molecule has 0 spiro atoms. The summed E-state index contributed by atoms with van der Waals surface area (Å²) in [6.07, 6.45) is 66.1. The van der Waals surface area contributed by atoms with Crippen molar-refractivity contribution < 1.29 is 42.9 Å². The third-order valence-corrected chi connectivity index (χ3v) is 15.6. The second-order valence-electron chi connectivity index (χ2n) is 24.5. The number of nitrogens with zero attached hydrogens (tertiary/aromatic N) is 1. The molecule has 0 N–H and O–H groups in total. The molecule has 0 aromatic rings. The van der Waals surface area contributed by atoms with Crippen molar-refractivity contribution in [3.63, 3.8) is 0 Å². The normalized spacial score (nSPS) is 12.6. The number of carboxylic acid groups (broad SMARTS) is 1. The molecule has 0 aromatic carbocycles. The van der Waals surface area contributed by atoms with E-state index in [0.29, 0.717) is 17.4 Å². The summed E-state index contributed by atoms with van der Waals surface area (Å²) in [6, 6.07) is 0. The first-order chi connectivity index (χ1) is 37.1. The van der Waals surface area contributed by atoms with Crippen LogP contribution in [0.5, 0.6) is 0 Å². The lowest BCUT2D eigenvalue weighted by Gasteiger charge is -2.26. The van der Waals surface area contributed by atoms with Gasteiger partial charge in [-0.3, -0.25) is 9.59 Å². The Labute approximate surface area is 473 Å². The van der Waals surface area contributed by atoms with E-state index in [4.69, 9.17) is 18.9 Å². The highest BCUT2D eigenvalue weighted by molar-refractivity contribution is 5.70. The first-order valence-electron chi connectivity index (χ1n) is 33.7. The van der Waals surface area contributed by atoms with Gasteiger partial charge in [0.25, 0.3) is 0 Å². The maximum Gasteiger partial charge on any atom is 0.306 e. The Morgan fingerprint density at radius 2 is 0.592 bits per heavy atom.